The lowest BCUT2D eigenvalue weighted by Gasteiger charge is -2.13. The van der Waals surface area contributed by atoms with Crippen molar-refractivity contribution in [3.8, 4) is 0 Å². The van der Waals surface area contributed by atoms with Crippen LogP contribution in [0.4, 0.5) is 0 Å². The summed E-state index contributed by atoms with van der Waals surface area (Å²) in [4.78, 5) is 22.8. The van der Waals surface area contributed by atoms with Crippen LogP contribution in [0, 0.1) is 0 Å². The van der Waals surface area contributed by atoms with Crippen LogP contribution >= 0.6 is 0 Å². The molecule has 0 saturated heterocycles. The Bertz CT molecular complexity index is 252. The molecule has 0 aromatic carbocycles. The summed E-state index contributed by atoms with van der Waals surface area (Å²) in [5, 5.41) is 8.53. The van der Waals surface area contributed by atoms with E-state index in [1.54, 1.807) is 6.92 Å². The van der Waals surface area contributed by atoms with E-state index in [1.165, 1.54) is 0 Å². The van der Waals surface area contributed by atoms with Gasteiger partial charge in [-0.3, -0.25) is 14.9 Å². The van der Waals surface area contributed by atoms with Gasteiger partial charge in [-0.1, -0.05) is 6.92 Å². The van der Waals surface area contributed by atoms with Crippen molar-refractivity contribution in [3.05, 3.63) is 0 Å². The summed E-state index contributed by atoms with van der Waals surface area (Å²) in [6.07, 6.45) is 3.08. The monoisotopic (exact) mass is 227 g/mol. The molecule has 0 aromatic heterocycles. The second-order valence-electron chi connectivity index (χ2n) is 4.24. The van der Waals surface area contributed by atoms with E-state index < -0.39 is 0 Å². The van der Waals surface area contributed by atoms with Crippen molar-refractivity contribution in [2.45, 2.75) is 45.2 Å². The van der Waals surface area contributed by atoms with E-state index in [2.05, 4.69) is 16.0 Å². The van der Waals surface area contributed by atoms with Crippen molar-refractivity contribution in [3.63, 3.8) is 0 Å². The van der Waals surface area contributed by atoms with Crippen LogP contribution in [0.25, 0.3) is 0 Å². The normalized spacial score (nSPS) is 16.6. The molecular weight excluding hydrogens is 206 g/mol. The minimum atomic E-state index is -0.323. The van der Waals surface area contributed by atoms with Crippen molar-refractivity contribution in [1.82, 2.24) is 16.0 Å². The molecule has 5 nitrogen and oxygen atoms in total. The molecule has 16 heavy (non-hydrogen) atoms. The molecule has 1 aliphatic rings. The molecule has 92 valence electrons. The van der Waals surface area contributed by atoms with E-state index in [-0.39, 0.29) is 24.4 Å². The molecule has 3 N–H and O–H groups in total. The first kappa shape index (κ1) is 13.0. The minimum Gasteiger partial charge on any atom is -0.355 e. The highest BCUT2D eigenvalue weighted by Gasteiger charge is 2.23. The van der Waals surface area contributed by atoms with Crippen LogP contribution in [0.15, 0.2) is 0 Å². The zero-order valence-electron chi connectivity index (χ0n) is 10.0. The number of hydrogen-bond donors (Lipinski definition) is 3. The molecule has 2 amide bonds. The van der Waals surface area contributed by atoms with E-state index in [4.69, 9.17) is 0 Å². The molecule has 1 fully saturated rings. The lowest BCUT2D eigenvalue weighted by molar-refractivity contribution is -0.123. The second kappa shape index (κ2) is 6.48. The first-order valence-corrected chi connectivity index (χ1v) is 5.94. The van der Waals surface area contributed by atoms with Crippen molar-refractivity contribution >= 4 is 11.8 Å². The predicted molar refractivity (Wildman–Crippen MR) is 61.9 cm³/mol. The molecule has 1 saturated carbocycles. The molecule has 0 heterocycles. The van der Waals surface area contributed by atoms with Crippen LogP contribution in [0.2, 0.25) is 0 Å². The highest BCUT2D eigenvalue weighted by molar-refractivity contribution is 5.83. The van der Waals surface area contributed by atoms with Gasteiger partial charge in [-0.25, -0.2) is 0 Å². The lowest BCUT2D eigenvalue weighted by Crippen LogP contribution is -2.46. The fourth-order valence-corrected chi connectivity index (χ4v) is 1.25. The molecule has 0 spiro atoms. The third-order valence-corrected chi connectivity index (χ3v) is 2.45. The number of carbonyl (C=O) groups excluding carboxylic acids is 2. The van der Waals surface area contributed by atoms with Crippen LogP contribution in [-0.2, 0) is 9.59 Å². The number of hydrogen-bond acceptors (Lipinski definition) is 3. The zero-order valence-corrected chi connectivity index (χ0v) is 10.0. The summed E-state index contributed by atoms with van der Waals surface area (Å²) in [7, 11) is 0. The SMILES string of the molecule is CCCNC(=O)C(C)NCC(=O)NC1CC1. The summed E-state index contributed by atoms with van der Waals surface area (Å²) in [5.41, 5.74) is 0. The summed E-state index contributed by atoms with van der Waals surface area (Å²) < 4.78 is 0. The Hall–Kier alpha value is -1.10. The van der Waals surface area contributed by atoms with Crippen LogP contribution in [-0.4, -0.2) is 37.0 Å². The maximum atomic E-state index is 11.4. The van der Waals surface area contributed by atoms with Crippen LogP contribution < -0.4 is 16.0 Å². The number of amides is 2. The van der Waals surface area contributed by atoms with E-state index >= 15 is 0 Å². The Morgan fingerprint density at radius 1 is 1.38 bits per heavy atom. The third-order valence-electron chi connectivity index (χ3n) is 2.45. The van der Waals surface area contributed by atoms with Gasteiger partial charge in [-0.05, 0) is 26.2 Å². The fourth-order valence-electron chi connectivity index (χ4n) is 1.25. The smallest absolute Gasteiger partial charge is 0.236 e. The third kappa shape index (κ3) is 5.11. The number of carbonyl (C=O) groups is 2. The van der Waals surface area contributed by atoms with E-state index in [0.29, 0.717) is 12.6 Å². The van der Waals surface area contributed by atoms with Gasteiger partial charge >= 0.3 is 0 Å². The van der Waals surface area contributed by atoms with Gasteiger partial charge in [-0.2, -0.15) is 0 Å². The van der Waals surface area contributed by atoms with Crippen LogP contribution in [0.5, 0.6) is 0 Å². The quantitative estimate of drug-likeness (QED) is 0.562. The minimum absolute atomic E-state index is 0.0300. The van der Waals surface area contributed by atoms with Gasteiger partial charge in [0.05, 0.1) is 12.6 Å². The van der Waals surface area contributed by atoms with Gasteiger partial charge in [0, 0.05) is 12.6 Å². The highest BCUT2D eigenvalue weighted by atomic mass is 16.2. The van der Waals surface area contributed by atoms with Gasteiger partial charge in [0.15, 0.2) is 0 Å². The van der Waals surface area contributed by atoms with Crippen molar-refractivity contribution < 1.29 is 9.59 Å². The molecule has 0 bridgehead atoms. The molecular formula is C11H21N3O2. The molecule has 1 rings (SSSR count). The first-order chi connectivity index (χ1) is 7.63. The molecule has 0 aliphatic heterocycles. The van der Waals surface area contributed by atoms with E-state index in [1.807, 2.05) is 6.92 Å². The highest BCUT2D eigenvalue weighted by Crippen LogP contribution is 2.18. The van der Waals surface area contributed by atoms with Crippen molar-refractivity contribution in [1.29, 1.82) is 0 Å². The second-order valence-corrected chi connectivity index (χ2v) is 4.24. The summed E-state index contributed by atoms with van der Waals surface area (Å²) in [6.45, 7) is 4.65. The zero-order chi connectivity index (χ0) is 12.0. The number of nitrogens with one attached hydrogen (secondary N) is 3. The van der Waals surface area contributed by atoms with E-state index in [9.17, 15) is 9.59 Å². The standard InChI is InChI=1S/C11H21N3O2/c1-3-6-12-11(16)8(2)13-7-10(15)14-9-4-5-9/h8-9,13H,3-7H2,1-2H3,(H,12,16)(H,14,15). The Morgan fingerprint density at radius 3 is 2.62 bits per heavy atom. The average Bonchev–Trinajstić information content (AvgIpc) is 3.06. The first-order valence-electron chi connectivity index (χ1n) is 5.94. The average molecular weight is 227 g/mol. The van der Waals surface area contributed by atoms with Crippen LogP contribution in [0.1, 0.15) is 33.1 Å². The predicted octanol–water partition coefficient (Wildman–Crippen LogP) is -0.231. The summed E-state index contributed by atoms with van der Waals surface area (Å²) in [6, 6.07) is 0.0510. The summed E-state index contributed by atoms with van der Waals surface area (Å²) >= 11 is 0. The van der Waals surface area contributed by atoms with Gasteiger partial charge in [-0.15, -0.1) is 0 Å². The molecule has 0 radical (unpaired) electrons. The van der Waals surface area contributed by atoms with Gasteiger partial charge in [0.2, 0.25) is 11.8 Å². The Kier molecular flexibility index (Phi) is 5.25. The summed E-state index contributed by atoms with van der Waals surface area (Å²) in [5.74, 6) is -0.0845. The Balaban J connectivity index is 2.09. The van der Waals surface area contributed by atoms with Gasteiger partial charge in [0.25, 0.3) is 0 Å². The van der Waals surface area contributed by atoms with Crippen molar-refractivity contribution in [2.24, 2.45) is 0 Å². The topological polar surface area (TPSA) is 70.2 Å². The molecule has 5 heteroatoms. The lowest BCUT2D eigenvalue weighted by atomic mass is 10.3. The van der Waals surface area contributed by atoms with Crippen molar-refractivity contribution in [2.75, 3.05) is 13.1 Å². The molecule has 1 unspecified atom stereocenters. The number of rotatable bonds is 7. The van der Waals surface area contributed by atoms with Gasteiger partial charge in [0.1, 0.15) is 0 Å². The Labute approximate surface area is 96.4 Å². The molecule has 0 aromatic rings. The maximum absolute atomic E-state index is 11.4. The van der Waals surface area contributed by atoms with E-state index in [0.717, 1.165) is 19.3 Å². The maximum Gasteiger partial charge on any atom is 0.236 e. The fraction of sp³-hybridized carbons (Fsp3) is 0.818. The Morgan fingerprint density at radius 2 is 2.06 bits per heavy atom. The largest absolute Gasteiger partial charge is 0.355 e. The van der Waals surface area contributed by atoms with Gasteiger partial charge < -0.3 is 10.6 Å². The molecule has 1 atom stereocenters. The molecule has 1 aliphatic carbocycles. The van der Waals surface area contributed by atoms with Crippen LogP contribution in [0.3, 0.4) is 0 Å².